The molecular weight excluding hydrogens is 208 g/mol. The molecule has 2 rings (SSSR count). The Bertz CT molecular complexity index is 406. The SMILES string of the molecule is CC(C)n1cc(OCc2ccsc2)cn1. The predicted molar refractivity (Wildman–Crippen MR) is 61.3 cm³/mol. The minimum absolute atomic E-state index is 0.378. The summed E-state index contributed by atoms with van der Waals surface area (Å²) in [5.41, 5.74) is 1.21. The topological polar surface area (TPSA) is 27.1 Å². The van der Waals surface area contributed by atoms with Crippen molar-refractivity contribution in [1.29, 1.82) is 0 Å². The van der Waals surface area contributed by atoms with Crippen molar-refractivity contribution in [2.24, 2.45) is 0 Å². The van der Waals surface area contributed by atoms with Gasteiger partial charge in [0.05, 0.1) is 12.4 Å². The van der Waals surface area contributed by atoms with Crippen LogP contribution in [-0.2, 0) is 6.61 Å². The third-order valence-electron chi connectivity index (χ3n) is 2.09. The van der Waals surface area contributed by atoms with Gasteiger partial charge in [-0.2, -0.15) is 16.4 Å². The zero-order valence-corrected chi connectivity index (χ0v) is 9.70. The molecule has 15 heavy (non-hydrogen) atoms. The number of thiophene rings is 1. The summed E-state index contributed by atoms with van der Waals surface area (Å²) < 4.78 is 7.50. The summed E-state index contributed by atoms with van der Waals surface area (Å²) in [6, 6.07) is 2.45. The highest BCUT2D eigenvalue weighted by Crippen LogP contribution is 2.15. The molecule has 0 bridgehead atoms. The van der Waals surface area contributed by atoms with E-state index in [1.54, 1.807) is 17.5 Å². The molecule has 0 unspecified atom stereocenters. The van der Waals surface area contributed by atoms with E-state index in [2.05, 4.69) is 35.8 Å². The lowest BCUT2D eigenvalue weighted by Crippen LogP contribution is -2.00. The summed E-state index contributed by atoms with van der Waals surface area (Å²) in [4.78, 5) is 0. The number of ether oxygens (including phenoxy) is 1. The monoisotopic (exact) mass is 222 g/mol. The summed E-state index contributed by atoms with van der Waals surface area (Å²) in [5, 5.41) is 8.35. The smallest absolute Gasteiger partial charge is 0.157 e. The van der Waals surface area contributed by atoms with Crippen molar-refractivity contribution in [2.75, 3.05) is 0 Å². The van der Waals surface area contributed by atoms with Gasteiger partial charge in [0.25, 0.3) is 0 Å². The quantitative estimate of drug-likeness (QED) is 0.794. The van der Waals surface area contributed by atoms with E-state index in [-0.39, 0.29) is 0 Å². The van der Waals surface area contributed by atoms with Crippen molar-refractivity contribution < 1.29 is 4.74 Å². The Morgan fingerprint density at radius 1 is 1.53 bits per heavy atom. The zero-order chi connectivity index (χ0) is 10.7. The van der Waals surface area contributed by atoms with Gasteiger partial charge >= 0.3 is 0 Å². The Morgan fingerprint density at radius 3 is 3.00 bits per heavy atom. The number of nitrogens with zero attached hydrogens (tertiary/aromatic N) is 2. The first-order valence-electron chi connectivity index (χ1n) is 4.94. The molecular formula is C11H14N2OS. The first-order chi connectivity index (χ1) is 7.25. The highest BCUT2D eigenvalue weighted by atomic mass is 32.1. The van der Waals surface area contributed by atoms with Crippen molar-refractivity contribution in [2.45, 2.75) is 26.5 Å². The first-order valence-corrected chi connectivity index (χ1v) is 5.88. The van der Waals surface area contributed by atoms with Gasteiger partial charge in [0.2, 0.25) is 0 Å². The van der Waals surface area contributed by atoms with Crippen LogP contribution >= 0.6 is 11.3 Å². The lowest BCUT2D eigenvalue weighted by molar-refractivity contribution is 0.306. The fourth-order valence-electron chi connectivity index (χ4n) is 1.22. The summed E-state index contributed by atoms with van der Waals surface area (Å²) in [6.45, 7) is 4.80. The molecule has 0 spiro atoms. The molecule has 0 saturated carbocycles. The van der Waals surface area contributed by atoms with Gasteiger partial charge in [-0.25, -0.2) is 0 Å². The first kappa shape index (κ1) is 10.2. The Hall–Kier alpha value is -1.29. The van der Waals surface area contributed by atoms with Crippen LogP contribution in [0.15, 0.2) is 29.2 Å². The van der Waals surface area contributed by atoms with Gasteiger partial charge in [0.15, 0.2) is 5.75 Å². The van der Waals surface area contributed by atoms with Crippen molar-refractivity contribution in [1.82, 2.24) is 9.78 Å². The highest BCUT2D eigenvalue weighted by molar-refractivity contribution is 7.07. The fourth-order valence-corrected chi connectivity index (χ4v) is 1.87. The summed E-state index contributed by atoms with van der Waals surface area (Å²) in [7, 11) is 0. The Balaban J connectivity index is 1.94. The second-order valence-corrected chi connectivity index (χ2v) is 4.45. The molecule has 2 heterocycles. The third kappa shape index (κ3) is 2.59. The molecule has 0 atom stereocenters. The average molecular weight is 222 g/mol. The van der Waals surface area contributed by atoms with Crippen LogP contribution in [0.25, 0.3) is 0 Å². The average Bonchev–Trinajstić information content (AvgIpc) is 2.86. The molecule has 4 heteroatoms. The van der Waals surface area contributed by atoms with E-state index in [0.717, 1.165) is 5.75 Å². The largest absolute Gasteiger partial charge is 0.486 e. The highest BCUT2D eigenvalue weighted by Gasteiger charge is 2.02. The molecule has 0 radical (unpaired) electrons. The number of rotatable bonds is 4. The van der Waals surface area contributed by atoms with Crippen molar-refractivity contribution >= 4 is 11.3 Å². The van der Waals surface area contributed by atoms with E-state index < -0.39 is 0 Å². The Morgan fingerprint density at radius 2 is 2.40 bits per heavy atom. The molecule has 0 aromatic carbocycles. The van der Waals surface area contributed by atoms with Gasteiger partial charge < -0.3 is 4.74 Å². The van der Waals surface area contributed by atoms with Crippen LogP contribution in [0.2, 0.25) is 0 Å². The third-order valence-corrected chi connectivity index (χ3v) is 2.82. The fraction of sp³-hybridized carbons (Fsp3) is 0.364. The van der Waals surface area contributed by atoms with Crippen molar-refractivity contribution in [3.05, 3.63) is 34.8 Å². The van der Waals surface area contributed by atoms with Crippen LogP contribution in [0, 0.1) is 0 Å². The van der Waals surface area contributed by atoms with E-state index in [0.29, 0.717) is 12.6 Å². The maximum Gasteiger partial charge on any atom is 0.157 e. The second kappa shape index (κ2) is 4.49. The predicted octanol–water partition coefficient (Wildman–Crippen LogP) is 3.10. The lowest BCUT2D eigenvalue weighted by Gasteiger charge is -2.03. The molecule has 80 valence electrons. The molecule has 0 amide bonds. The molecule has 0 saturated heterocycles. The van der Waals surface area contributed by atoms with Crippen LogP contribution in [0.1, 0.15) is 25.5 Å². The molecule has 0 N–H and O–H groups in total. The molecule has 0 aliphatic rings. The standard InChI is InChI=1S/C11H14N2OS/c1-9(2)13-6-11(5-12-13)14-7-10-3-4-15-8-10/h3-6,8-9H,7H2,1-2H3. The molecule has 2 aromatic rings. The summed E-state index contributed by atoms with van der Waals surface area (Å²) in [6.07, 6.45) is 3.68. The zero-order valence-electron chi connectivity index (χ0n) is 8.88. The lowest BCUT2D eigenvalue weighted by atomic mass is 10.4. The van der Waals surface area contributed by atoms with E-state index in [1.165, 1.54) is 5.56 Å². The van der Waals surface area contributed by atoms with E-state index >= 15 is 0 Å². The Labute approximate surface area is 93.3 Å². The minimum atomic E-state index is 0.378. The van der Waals surface area contributed by atoms with Gasteiger partial charge in [0, 0.05) is 6.04 Å². The van der Waals surface area contributed by atoms with Crippen LogP contribution < -0.4 is 4.74 Å². The van der Waals surface area contributed by atoms with E-state index in [4.69, 9.17) is 4.74 Å². The molecule has 0 aliphatic heterocycles. The summed E-state index contributed by atoms with van der Waals surface area (Å²) >= 11 is 1.68. The van der Waals surface area contributed by atoms with Gasteiger partial charge in [0.1, 0.15) is 6.61 Å². The van der Waals surface area contributed by atoms with E-state index in [1.807, 2.05) is 10.9 Å². The van der Waals surface area contributed by atoms with Crippen LogP contribution in [0.4, 0.5) is 0 Å². The minimum Gasteiger partial charge on any atom is -0.486 e. The van der Waals surface area contributed by atoms with Crippen LogP contribution in [0.3, 0.4) is 0 Å². The normalized spacial score (nSPS) is 10.9. The van der Waals surface area contributed by atoms with Crippen LogP contribution in [-0.4, -0.2) is 9.78 Å². The van der Waals surface area contributed by atoms with Gasteiger partial charge in [-0.3, -0.25) is 4.68 Å². The second-order valence-electron chi connectivity index (χ2n) is 3.67. The molecule has 2 aromatic heterocycles. The Kier molecular flexibility index (Phi) is 3.06. The van der Waals surface area contributed by atoms with Crippen molar-refractivity contribution in [3.8, 4) is 5.75 Å². The van der Waals surface area contributed by atoms with Gasteiger partial charge in [-0.15, -0.1) is 0 Å². The maximum absolute atomic E-state index is 5.60. The molecule has 0 fully saturated rings. The maximum atomic E-state index is 5.60. The molecule has 3 nitrogen and oxygen atoms in total. The van der Waals surface area contributed by atoms with Crippen molar-refractivity contribution in [3.63, 3.8) is 0 Å². The number of hydrogen-bond acceptors (Lipinski definition) is 3. The van der Waals surface area contributed by atoms with Gasteiger partial charge in [-0.1, -0.05) is 0 Å². The summed E-state index contributed by atoms with van der Waals surface area (Å²) in [5.74, 6) is 0.829. The van der Waals surface area contributed by atoms with Gasteiger partial charge in [-0.05, 0) is 36.2 Å². The molecule has 0 aliphatic carbocycles. The number of hydrogen-bond donors (Lipinski definition) is 0. The van der Waals surface area contributed by atoms with Crippen LogP contribution in [0.5, 0.6) is 5.75 Å². The number of aromatic nitrogens is 2. The van der Waals surface area contributed by atoms with E-state index in [9.17, 15) is 0 Å².